The molecule has 5 nitrogen and oxygen atoms in total. The summed E-state index contributed by atoms with van der Waals surface area (Å²) in [5.74, 6) is 0.308. The number of rotatable bonds is 5. The van der Waals surface area contributed by atoms with Crippen LogP contribution < -0.4 is 5.32 Å². The van der Waals surface area contributed by atoms with Crippen molar-refractivity contribution in [1.82, 2.24) is 14.9 Å². The molecule has 1 heterocycles. The van der Waals surface area contributed by atoms with Crippen molar-refractivity contribution < 1.29 is 9.18 Å². The van der Waals surface area contributed by atoms with Gasteiger partial charge in [0.2, 0.25) is 5.91 Å². The van der Waals surface area contributed by atoms with Gasteiger partial charge in [-0.1, -0.05) is 17.7 Å². The third kappa shape index (κ3) is 4.22. The fraction of sp³-hybridized carbons (Fsp3) is 0.263. The van der Waals surface area contributed by atoms with Gasteiger partial charge in [0.05, 0.1) is 24.1 Å². The second-order valence-electron chi connectivity index (χ2n) is 6.38. The lowest BCUT2D eigenvalue weighted by Gasteiger charge is -2.15. The van der Waals surface area contributed by atoms with Crippen LogP contribution >= 0.6 is 0 Å². The molecule has 2 aromatic carbocycles. The van der Waals surface area contributed by atoms with Crippen molar-refractivity contribution in [3.8, 4) is 0 Å². The van der Waals surface area contributed by atoms with Gasteiger partial charge in [0.1, 0.15) is 11.6 Å². The number of hydrogen-bond donors (Lipinski definition) is 2. The van der Waals surface area contributed by atoms with Crippen LogP contribution in [0.5, 0.6) is 0 Å². The van der Waals surface area contributed by atoms with Gasteiger partial charge in [-0.25, -0.2) is 9.37 Å². The molecule has 3 rings (SSSR count). The number of H-pyrrole nitrogens is 1. The summed E-state index contributed by atoms with van der Waals surface area (Å²) < 4.78 is 13.2. The molecular weight excluding hydrogens is 319 g/mol. The Bertz CT molecular complexity index is 919. The van der Waals surface area contributed by atoms with Gasteiger partial charge < -0.3 is 10.3 Å². The summed E-state index contributed by atoms with van der Waals surface area (Å²) in [7, 11) is 1.84. The number of hydrogen-bond acceptors (Lipinski definition) is 3. The van der Waals surface area contributed by atoms with E-state index in [0.717, 1.165) is 16.8 Å². The SMILES string of the molecule is Cc1ccc(NC(=O)CN(C)Cc2nc3ccc(F)cc3[nH]2)c(C)c1. The summed E-state index contributed by atoms with van der Waals surface area (Å²) >= 11 is 0. The molecule has 0 unspecified atom stereocenters. The molecule has 6 heteroatoms. The molecule has 130 valence electrons. The minimum atomic E-state index is -0.302. The molecule has 0 aliphatic carbocycles. The van der Waals surface area contributed by atoms with Crippen LogP contribution in [0.3, 0.4) is 0 Å². The predicted octanol–water partition coefficient (Wildman–Crippen LogP) is 3.39. The van der Waals surface area contributed by atoms with Crippen LogP contribution in [0.15, 0.2) is 36.4 Å². The minimum absolute atomic E-state index is 0.0865. The van der Waals surface area contributed by atoms with E-state index < -0.39 is 0 Å². The molecule has 0 aliphatic heterocycles. The van der Waals surface area contributed by atoms with Crippen molar-refractivity contribution >= 4 is 22.6 Å². The lowest BCUT2D eigenvalue weighted by molar-refractivity contribution is -0.117. The first kappa shape index (κ1) is 17.1. The number of aromatic nitrogens is 2. The van der Waals surface area contributed by atoms with Gasteiger partial charge in [-0.15, -0.1) is 0 Å². The normalized spacial score (nSPS) is 11.2. The highest BCUT2D eigenvalue weighted by molar-refractivity contribution is 5.93. The quantitative estimate of drug-likeness (QED) is 0.748. The second-order valence-corrected chi connectivity index (χ2v) is 6.38. The van der Waals surface area contributed by atoms with Crippen molar-refractivity contribution in [2.24, 2.45) is 0 Å². The van der Waals surface area contributed by atoms with Crippen LogP contribution in [-0.2, 0) is 11.3 Å². The molecule has 1 amide bonds. The number of nitrogens with zero attached hydrogens (tertiary/aromatic N) is 2. The van der Waals surface area contributed by atoms with Crippen LogP contribution in [0, 0.1) is 19.7 Å². The number of aryl methyl sites for hydroxylation is 2. The third-order valence-corrected chi connectivity index (χ3v) is 3.98. The average molecular weight is 340 g/mol. The van der Waals surface area contributed by atoms with E-state index in [1.54, 1.807) is 6.07 Å². The van der Waals surface area contributed by atoms with Crippen LogP contribution in [0.2, 0.25) is 0 Å². The van der Waals surface area contributed by atoms with E-state index in [1.165, 1.54) is 12.1 Å². The van der Waals surface area contributed by atoms with Crippen molar-refractivity contribution in [1.29, 1.82) is 0 Å². The first-order chi connectivity index (χ1) is 11.9. The summed E-state index contributed by atoms with van der Waals surface area (Å²) in [4.78, 5) is 21.6. The molecule has 0 radical (unpaired) electrons. The molecule has 0 fully saturated rings. The standard InChI is InChI=1S/C19H21FN4O/c1-12-4-6-15(13(2)8-12)23-19(25)11-24(3)10-18-21-16-7-5-14(20)9-17(16)22-18/h4-9H,10-11H2,1-3H3,(H,21,22)(H,23,25). The predicted molar refractivity (Wildman–Crippen MR) is 96.9 cm³/mol. The molecule has 2 N–H and O–H groups in total. The number of fused-ring (bicyclic) bond motifs is 1. The van der Waals surface area contributed by atoms with E-state index in [-0.39, 0.29) is 18.3 Å². The zero-order chi connectivity index (χ0) is 18.0. The number of amides is 1. The summed E-state index contributed by atoms with van der Waals surface area (Å²) in [6.45, 7) is 4.70. The zero-order valence-electron chi connectivity index (χ0n) is 14.6. The average Bonchev–Trinajstić information content (AvgIpc) is 2.91. The fourth-order valence-electron chi connectivity index (χ4n) is 2.81. The minimum Gasteiger partial charge on any atom is -0.341 e. The van der Waals surface area contributed by atoms with E-state index in [9.17, 15) is 9.18 Å². The van der Waals surface area contributed by atoms with E-state index in [2.05, 4.69) is 15.3 Å². The van der Waals surface area contributed by atoms with E-state index >= 15 is 0 Å². The van der Waals surface area contributed by atoms with Crippen molar-refractivity contribution in [3.63, 3.8) is 0 Å². The number of imidazole rings is 1. The van der Waals surface area contributed by atoms with Gasteiger partial charge in [-0.05, 0) is 50.7 Å². The Morgan fingerprint density at radius 1 is 1.24 bits per heavy atom. The van der Waals surface area contributed by atoms with Gasteiger partial charge in [-0.2, -0.15) is 0 Å². The highest BCUT2D eigenvalue weighted by Crippen LogP contribution is 2.16. The first-order valence-electron chi connectivity index (χ1n) is 8.10. The molecule has 25 heavy (non-hydrogen) atoms. The molecule has 3 aromatic rings. The zero-order valence-corrected chi connectivity index (χ0v) is 14.6. The van der Waals surface area contributed by atoms with Gasteiger partial charge >= 0.3 is 0 Å². The van der Waals surface area contributed by atoms with E-state index in [0.29, 0.717) is 23.4 Å². The Kier molecular flexibility index (Phi) is 4.81. The maximum absolute atomic E-state index is 13.2. The van der Waals surface area contributed by atoms with Crippen LogP contribution in [0.1, 0.15) is 17.0 Å². The largest absolute Gasteiger partial charge is 0.341 e. The number of likely N-dealkylation sites (N-methyl/N-ethyl adjacent to an activating group) is 1. The summed E-state index contributed by atoms with van der Waals surface area (Å²) in [5.41, 5.74) is 4.39. The van der Waals surface area contributed by atoms with Crippen LogP contribution in [0.25, 0.3) is 11.0 Å². The number of anilines is 1. The number of benzene rings is 2. The number of nitrogens with one attached hydrogen (secondary N) is 2. The molecule has 0 atom stereocenters. The smallest absolute Gasteiger partial charge is 0.238 e. The molecule has 0 saturated carbocycles. The molecule has 0 saturated heterocycles. The Morgan fingerprint density at radius 3 is 2.80 bits per heavy atom. The molecule has 0 aliphatic rings. The van der Waals surface area contributed by atoms with E-state index in [1.807, 2.05) is 44.0 Å². The molecule has 1 aromatic heterocycles. The van der Waals surface area contributed by atoms with Gasteiger partial charge in [-0.3, -0.25) is 9.69 Å². The lowest BCUT2D eigenvalue weighted by atomic mass is 10.1. The highest BCUT2D eigenvalue weighted by atomic mass is 19.1. The number of aromatic amines is 1. The van der Waals surface area contributed by atoms with Crippen LogP contribution in [0.4, 0.5) is 10.1 Å². The van der Waals surface area contributed by atoms with Crippen molar-refractivity contribution in [2.75, 3.05) is 18.9 Å². The van der Waals surface area contributed by atoms with Crippen LogP contribution in [-0.4, -0.2) is 34.4 Å². The second kappa shape index (κ2) is 7.03. The summed E-state index contributed by atoms with van der Waals surface area (Å²) in [5, 5.41) is 2.93. The lowest BCUT2D eigenvalue weighted by Crippen LogP contribution is -2.30. The Hall–Kier alpha value is -2.73. The van der Waals surface area contributed by atoms with Gasteiger partial charge in [0.15, 0.2) is 0 Å². The monoisotopic (exact) mass is 340 g/mol. The van der Waals surface area contributed by atoms with Gasteiger partial charge in [0.25, 0.3) is 0 Å². The Balaban J connectivity index is 1.60. The Morgan fingerprint density at radius 2 is 2.04 bits per heavy atom. The Labute approximate surface area is 145 Å². The first-order valence-corrected chi connectivity index (χ1v) is 8.10. The molecular formula is C19H21FN4O. The van der Waals surface area contributed by atoms with Gasteiger partial charge in [0, 0.05) is 5.69 Å². The number of halogens is 1. The highest BCUT2D eigenvalue weighted by Gasteiger charge is 2.11. The van der Waals surface area contributed by atoms with Crippen molar-refractivity contribution in [3.05, 3.63) is 59.2 Å². The summed E-state index contributed by atoms with van der Waals surface area (Å²) in [6.07, 6.45) is 0. The number of carbonyl (C=O) groups excluding carboxylic acids is 1. The molecule has 0 bridgehead atoms. The third-order valence-electron chi connectivity index (χ3n) is 3.98. The fourth-order valence-corrected chi connectivity index (χ4v) is 2.81. The number of carbonyl (C=O) groups is 1. The molecule has 0 spiro atoms. The van der Waals surface area contributed by atoms with Crippen molar-refractivity contribution in [2.45, 2.75) is 20.4 Å². The topological polar surface area (TPSA) is 61.0 Å². The summed E-state index contributed by atoms with van der Waals surface area (Å²) in [6, 6.07) is 10.4. The van der Waals surface area contributed by atoms with E-state index in [4.69, 9.17) is 0 Å². The maximum Gasteiger partial charge on any atom is 0.238 e. The maximum atomic E-state index is 13.2.